The van der Waals surface area contributed by atoms with Crippen molar-refractivity contribution < 1.29 is 10.4 Å². The third-order valence-electron chi connectivity index (χ3n) is 5.63. The lowest BCUT2D eigenvalue weighted by atomic mass is 10.3. The first kappa shape index (κ1) is 24.8. The molecule has 0 aliphatic carbocycles. The van der Waals surface area contributed by atoms with Crippen molar-refractivity contribution in [2.75, 3.05) is 6.16 Å². The summed E-state index contributed by atoms with van der Waals surface area (Å²) in [6.07, 6.45) is 2.53. The molecule has 34 heavy (non-hydrogen) atoms. The van der Waals surface area contributed by atoms with Gasteiger partial charge < -0.3 is 15.4 Å². The second-order valence-electron chi connectivity index (χ2n) is 7.44. The number of nitrogens with zero attached hydrogens (tertiary/aromatic N) is 3. The van der Waals surface area contributed by atoms with E-state index in [1.54, 1.807) is 6.07 Å². The largest absolute Gasteiger partial charge is 0.443 e. The number of hydrogen-bond acceptors (Lipinski definition) is 3. The van der Waals surface area contributed by atoms with E-state index in [9.17, 15) is 10.1 Å². The van der Waals surface area contributed by atoms with Gasteiger partial charge in [-0.15, -0.1) is 0 Å². The highest BCUT2D eigenvalue weighted by molar-refractivity contribution is 7.95. The fourth-order valence-electron chi connectivity index (χ4n) is 4.03. The van der Waals surface area contributed by atoms with Crippen molar-refractivity contribution in [1.82, 2.24) is 9.97 Å². The molecular formula is C27H26N3O3P. The summed E-state index contributed by atoms with van der Waals surface area (Å²) in [5.74, 6) is 0. The SMILES string of the molecule is CC[P+](c1ccccc1)(c1ccccc1)c1ccccc1.O.O=[N+]([O-])c1ccc2[n-]cnc2c1. The molecule has 0 spiro atoms. The molecule has 2 N–H and O–H groups in total. The van der Waals surface area contributed by atoms with Crippen molar-refractivity contribution >= 4 is 39.9 Å². The topological polar surface area (TPSA) is 102 Å². The van der Waals surface area contributed by atoms with Crippen LogP contribution in [0.2, 0.25) is 0 Å². The lowest BCUT2D eigenvalue weighted by Gasteiger charge is -2.26. The summed E-state index contributed by atoms with van der Waals surface area (Å²) in [7, 11) is -1.53. The number of fused-ring (bicyclic) bond motifs is 1. The highest BCUT2D eigenvalue weighted by Crippen LogP contribution is 2.54. The molecule has 6 nitrogen and oxygen atoms in total. The Morgan fingerprint density at radius 2 is 1.26 bits per heavy atom. The van der Waals surface area contributed by atoms with E-state index < -0.39 is 12.2 Å². The highest BCUT2D eigenvalue weighted by Gasteiger charge is 2.43. The maximum Gasteiger partial charge on any atom is 0.269 e. The zero-order valence-corrected chi connectivity index (χ0v) is 19.7. The number of aromatic nitrogens is 2. The van der Waals surface area contributed by atoms with Gasteiger partial charge in [0.15, 0.2) is 0 Å². The van der Waals surface area contributed by atoms with Crippen molar-refractivity contribution in [1.29, 1.82) is 0 Å². The fraction of sp³-hybridized carbons (Fsp3) is 0.0741. The van der Waals surface area contributed by atoms with Crippen LogP contribution in [0, 0.1) is 10.1 Å². The second-order valence-corrected chi connectivity index (χ2v) is 11.2. The van der Waals surface area contributed by atoms with E-state index in [0.717, 1.165) is 6.16 Å². The number of nitro groups is 1. The van der Waals surface area contributed by atoms with Crippen molar-refractivity contribution in [3.8, 4) is 0 Å². The van der Waals surface area contributed by atoms with Gasteiger partial charge in [-0.3, -0.25) is 10.1 Å². The van der Waals surface area contributed by atoms with Crippen LogP contribution in [0.1, 0.15) is 6.92 Å². The van der Waals surface area contributed by atoms with Crippen LogP contribution in [-0.4, -0.2) is 21.5 Å². The zero-order valence-electron chi connectivity index (χ0n) is 18.8. The maximum absolute atomic E-state index is 10.3. The normalized spacial score (nSPS) is 10.6. The molecule has 0 saturated heterocycles. The van der Waals surface area contributed by atoms with Crippen molar-refractivity contribution in [2.45, 2.75) is 6.92 Å². The molecule has 5 rings (SSSR count). The van der Waals surface area contributed by atoms with Gasteiger partial charge in [0.05, 0.1) is 11.1 Å². The molecule has 1 aromatic heterocycles. The molecule has 0 bridgehead atoms. The first-order valence-corrected chi connectivity index (χ1v) is 12.7. The van der Waals surface area contributed by atoms with Crippen molar-refractivity contribution in [3.63, 3.8) is 0 Å². The van der Waals surface area contributed by atoms with Crippen LogP contribution in [0.5, 0.6) is 0 Å². The molecule has 0 atom stereocenters. The molecule has 5 aromatic rings. The van der Waals surface area contributed by atoms with Crippen LogP contribution in [0.15, 0.2) is 116 Å². The van der Waals surface area contributed by atoms with Crippen LogP contribution in [0.4, 0.5) is 5.69 Å². The summed E-state index contributed by atoms with van der Waals surface area (Å²) in [6.45, 7) is 2.32. The van der Waals surface area contributed by atoms with Gasteiger partial charge in [-0.2, -0.15) is 0 Å². The van der Waals surface area contributed by atoms with Crippen LogP contribution in [0.25, 0.3) is 11.0 Å². The molecule has 1 heterocycles. The number of imidazole rings is 1. The van der Waals surface area contributed by atoms with E-state index in [1.807, 2.05) is 0 Å². The summed E-state index contributed by atoms with van der Waals surface area (Å²) in [6, 6.07) is 37.4. The van der Waals surface area contributed by atoms with Gasteiger partial charge in [-0.05, 0) is 54.4 Å². The Kier molecular flexibility index (Phi) is 8.25. The van der Waals surface area contributed by atoms with Crippen molar-refractivity contribution in [3.05, 3.63) is 126 Å². The molecular weight excluding hydrogens is 445 g/mol. The zero-order chi connectivity index (χ0) is 23.1. The highest BCUT2D eigenvalue weighted by atomic mass is 31.2. The van der Waals surface area contributed by atoms with E-state index in [-0.39, 0.29) is 11.2 Å². The van der Waals surface area contributed by atoms with Crippen LogP contribution in [-0.2, 0) is 0 Å². The van der Waals surface area contributed by atoms with E-state index in [4.69, 9.17) is 0 Å². The minimum atomic E-state index is -1.53. The van der Waals surface area contributed by atoms with Crippen molar-refractivity contribution in [2.24, 2.45) is 0 Å². The monoisotopic (exact) mass is 471 g/mol. The summed E-state index contributed by atoms with van der Waals surface area (Å²) in [4.78, 5) is 17.6. The molecule has 172 valence electrons. The Morgan fingerprint density at radius 1 is 0.794 bits per heavy atom. The smallest absolute Gasteiger partial charge is 0.269 e. The summed E-state index contributed by atoms with van der Waals surface area (Å²) in [5, 5.41) is 14.7. The number of benzene rings is 4. The molecule has 0 amide bonds. The number of rotatable bonds is 5. The average molecular weight is 471 g/mol. The van der Waals surface area contributed by atoms with Gasteiger partial charge in [0, 0.05) is 12.1 Å². The molecule has 0 unspecified atom stereocenters. The standard InChI is InChI=1S/C20H20P.C7H4N3O2.H2O/c1-2-21(18-12-6-3-7-13-18,19-14-8-4-9-15-19)20-16-10-5-11-17-20;11-10(12)5-1-2-6-7(3-5)9-4-8-6;/h3-17H,2H2,1H3;1-4H;1H2/q+1;-1;. The lowest BCUT2D eigenvalue weighted by molar-refractivity contribution is -0.384. The molecule has 0 fully saturated rings. The van der Waals surface area contributed by atoms with E-state index in [2.05, 4.69) is 108 Å². The Labute approximate surface area is 199 Å². The van der Waals surface area contributed by atoms with Crippen LogP contribution < -0.4 is 20.9 Å². The predicted molar refractivity (Wildman–Crippen MR) is 141 cm³/mol. The Morgan fingerprint density at radius 3 is 1.68 bits per heavy atom. The van der Waals surface area contributed by atoms with E-state index >= 15 is 0 Å². The third-order valence-corrected chi connectivity index (χ3v) is 10.1. The Hall–Kier alpha value is -3.86. The van der Waals surface area contributed by atoms with Gasteiger partial charge in [0.1, 0.15) is 23.2 Å². The summed E-state index contributed by atoms with van der Waals surface area (Å²) >= 11 is 0. The summed E-state index contributed by atoms with van der Waals surface area (Å²) < 4.78 is 0. The first-order chi connectivity index (χ1) is 16.1. The second kappa shape index (κ2) is 11.3. The fourth-order valence-corrected chi connectivity index (χ4v) is 8.07. The molecule has 7 heteroatoms. The minimum absolute atomic E-state index is 0. The third kappa shape index (κ3) is 5.04. The minimum Gasteiger partial charge on any atom is -0.443 e. The van der Waals surface area contributed by atoms with Gasteiger partial charge in [0.2, 0.25) is 0 Å². The summed E-state index contributed by atoms with van der Waals surface area (Å²) in [5.41, 5.74) is 1.29. The maximum atomic E-state index is 10.3. The Balaban J connectivity index is 0.000000212. The van der Waals surface area contributed by atoms with Crippen LogP contribution >= 0.6 is 7.26 Å². The van der Waals surface area contributed by atoms with Gasteiger partial charge in [-0.25, -0.2) is 0 Å². The number of hydrogen-bond donors (Lipinski definition) is 0. The van der Waals surface area contributed by atoms with Crippen LogP contribution in [0.3, 0.4) is 0 Å². The van der Waals surface area contributed by atoms with Gasteiger partial charge in [-0.1, -0.05) is 67.0 Å². The number of non-ortho nitro benzene ring substituents is 1. The molecule has 0 radical (unpaired) electrons. The van der Waals surface area contributed by atoms with E-state index in [1.165, 1.54) is 34.4 Å². The molecule has 0 aliphatic rings. The predicted octanol–water partition coefficient (Wildman–Crippen LogP) is 4.28. The van der Waals surface area contributed by atoms with E-state index in [0.29, 0.717) is 11.0 Å². The lowest BCUT2D eigenvalue weighted by Crippen LogP contribution is -2.32. The molecule has 0 saturated carbocycles. The Bertz CT molecular complexity index is 1230. The quantitative estimate of drug-likeness (QED) is 0.217. The number of nitro benzene ring substituents is 1. The van der Waals surface area contributed by atoms with Gasteiger partial charge in [0.25, 0.3) is 5.69 Å². The van der Waals surface area contributed by atoms with Gasteiger partial charge >= 0.3 is 0 Å². The average Bonchev–Trinajstić information content (AvgIpc) is 3.35. The molecule has 0 aliphatic heterocycles. The molecule has 4 aromatic carbocycles. The first-order valence-electron chi connectivity index (χ1n) is 10.7.